The van der Waals surface area contributed by atoms with E-state index in [0.29, 0.717) is 0 Å². The molecule has 2 aromatic rings. The highest BCUT2D eigenvalue weighted by Gasteiger charge is 2.32. The second-order valence-electron chi connectivity index (χ2n) is 4.49. The molecule has 0 aliphatic heterocycles. The van der Waals surface area contributed by atoms with Crippen LogP contribution in [0.5, 0.6) is 17.2 Å². The number of rotatable bonds is 0. The average Bonchev–Trinajstić information content (AvgIpc) is 2.38. The normalized spacial score (nSPS) is 14.7. The van der Waals surface area contributed by atoms with Crippen LogP contribution in [0.15, 0.2) is 18.2 Å². The van der Waals surface area contributed by atoms with Crippen LogP contribution >= 0.6 is 0 Å². The van der Waals surface area contributed by atoms with Crippen LogP contribution in [0.4, 0.5) is 0 Å². The second kappa shape index (κ2) is 3.71. The molecule has 96 valence electrons. The van der Waals surface area contributed by atoms with Gasteiger partial charge < -0.3 is 15.3 Å². The Bertz CT molecular complexity index is 745. The summed E-state index contributed by atoms with van der Waals surface area (Å²) in [6.45, 7) is 0. The SMILES string of the molecule is O=C1CCC(=O)c2c1c(O)c1cccc(O)c1c2O. The molecular weight excluding hydrogens is 248 g/mol. The monoisotopic (exact) mass is 258 g/mol. The molecular formula is C14H10O5. The van der Waals surface area contributed by atoms with Crippen LogP contribution in [0.1, 0.15) is 33.6 Å². The van der Waals surface area contributed by atoms with Crippen LogP contribution in [0, 0.1) is 0 Å². The molecule has 0 unspecified atom stereocenters. The fourth-order valence-corrected chi connectivity index (χ4v) is 2.50. The van der Waals surface area contributed by atoms with E-state index >= 15 is 0 Å². The molecule has 19 heavy (non-hydrogen) atoms. The lowest BCUT2D eigenvalue weighted by molar-refractivity contribution is 0.0885. The minimum atomic E-state index is -0.445. The summed E-state index contributed by atoms with van der Waals surface area (Å²) in [7, 11) is 0. The molecule has 0 spiro atoms. The van der Waals surface area contributed by atoms with Crippen molar-refractivity contribution < 1.29 is 24.9 Å². The van der Waals surface area contributed by atoms with E-state index in [1.165, 1.54) is 18.2 Å². The minimum absolute atomic E-state index is 0.00205. The summed E-state index contributed by atoms with van der Waals surface area (Å²) >= 11 is 0. The Morgan fingerprint density at radius 1 is 0.842 bits per heavy atom. The summed E-state index contributed by atoms with van der Waals surface area (Å²) in [5.74, 6) is -1.85. The van der Waals surface area contributed by atoms with Crippen LogP contribution in [0.2, 0.25) is 0 Å². The van der Waals surface area contributed by atoms with Gasteiger partial charge in [-0.3, -0.25) is 9.59 Å². The summed E-state index contributed by atoms with van der Waals surface area (Å²) in [6.07, 6.45) is 0.0150. The van der Waals surface area contributed by atoms with Crippen LogP contribution in [-0.4, -0.2) is 26.9 Å². The quantitative estimate of drug-likeness (QED) is 0.629. The maximum absolute atomic E-state index is 11.9. The van der Waals surface area contributed by atoms with E-state index in [-0.39, 0.29) is 52.0 Å². The second-order valence-corrected chi connectivity index (χ2v) is 4.49. The minimum Gasteiger partial charge on any atom is -0.507 e. The van der Waals surface area contributed by atoms with Gasteiger partial charge in [-0.25, -0.2) is 0 Å². The number of phenols is 3. The topological polar surface area (TPSA) is 94.8 Å². The van der Waals surface area contributed by atoms with Gasteiger partial charge in [0.05, 0.1) is 16.5 Å². The highest BCUT2D eigenvalue weighted by atomic mass is 16.3. The largest absolute Gasteiger partial charge is 0.507 e. The predicted octanol–water partition coefficient (Wildman–Crippen LogP) is 2.12. The molecule has 5 heteroatoms. The third-order valence-corrected chi connectivity index (χ3v) is 3.39. The molecule has 0 saturated heterocycles. The first kappa shape index (κ1) is 11.5. The molecule has 5 nitrogen and oxygen atoms in total. The van der Waals surface area contributed by atoms with E-state index in [2.05, 4.69) is 0 Å². The van der Waals surface area contributed by atoms with Gasteiger partial charge in [-0.1, -0.05) is 12.1 Å². The Balaban J connectivity index is 2.57. The number of ketones is 2. The van der Waals surface area contributed by atoms with Crippen LogP contribution in [0.3, 0.4) is 0 Å². The van der Waals surface area contributed by atoms with Crippen molar-refractivity contribution in [3.05, 3.63) is 29.3 Å². The van der Waals surface area contributed by atoms with Crippen molar-refractivity contribution in [1.82, 2.24) is 0 Å². The molecule has 3 rings (SSSR count). The standard InChI is InChI=1S/C14H10O5/c15-7-3-1-2-6-10(7)14(19)12-9(17)5-4-8(16)11(12)13(6)18/h1-3,15,18-19H,4-5H2. The van der Waals surface area contributed by atoms with Crippen molar-refractivity contribution in [3.63, 3.8) is 0 Å². The maximum atomic E-state index is 11.9. The number of carbonyl (C=O) groups is 2. The number of aromatic hydroxyl groups is 3. The van der Waals surface area contributed by atoms with Gasteiger partial charge in [-0.2, -0.15) is 0 Å². The van der Waals surface area contributed by atoms with Crippen molar-refractivity contribution in [2.24, 2.45) is 0 Å². The molecule has 2 aromatic carbocycles. The lowest BCUT2D eigenvalue weighted by atomic mass is 9.85. The molecule has 0 atom stereocenters. The number of Topliss-reactive ketones (excluding diaryl/α,β-unsaturated/α-hetero) is 2. The molecule has 0 amide bonds. The molecule has 3 N–H and O–H groups in total. The van der Waals surface area contributed by atoms with Crippen molar-refractivity contribution in [2.75, 3.05) is 0 Å². The van der Waals surface area contributed by atoms with Gasteiger partial charge in [0.15, 0.2) is 11.6 Å². The van der Waals surface area contributed by atoms with Gasteiger partial charge in [-0.15, -0.1) is 0 Å². The first-order valence-corrected chi connectivity index (χ1v) is 5.78. The number of benzene rings is 2. The Morgan fingerprint density at radius 2 is 1.42 bits per heavy atom. The van der Waals surface area contributed by atoms with E-state index < -0.39 is 11.5 Å². The van der Waals surface area contributed by atoms with Crippen molar-refractivity contribution in [1.29, 1.82) is 0 Å². The van der Waals surface area contributed by atoms with E-state index in [4.69, 9.17) is 0 Å². The zero-order valence-electron chi connectivity index (χ0n) is 9.80. The van der Waals surface area contributed by atoms with Gasteiger partial charge >= 0.3 is 0 Å². The lowest BCUT2D eigenvalue weighted by Gasteiger charge is -2.19. The Kier molecular flexibility index (Phi) is 2.25. The van der Waals surface area contributed by atoms with Gasteiger partial charge in [0.1, 0.15) is 17.2 Å². The molecule has 0 saturated carbocycles. The fourth-order valence-electron chi connectivity index (χ4n) is 2.50. The first-order chi connectivity index (χ1) is 9.02. The van der Waals surface area contributed by atoms with E-state index in [1.807, 2.05) is 0 Å². The highest BCUT2D eigenvalue weighted by molar-refractivity contribution is 6.21. The maximum Gasteiger partial charge on any atom is 0.167 e. The predicted molar refractivity (Wildman–Crippen MR) is 66.8 cm³/mol. The first-order valence-electron chi connectivity index (χ1n) is 5.78. The number of carbonyl (C=O) groups excluding carboxylic acids is 2. The zero-order valence-corrected chi connectivity index (χ0v) is 9.80. The van der Waals surface area contributed by atoms with Gasteiger partial charge in [-0.05, 0) is 6.07 Å². The summed E-state index contributed by atoms with van der Waals surface area (Å²) in [5, 5.41) is 30.2. The summed E-state index contributed by atoms with van der Waals surface area (Å²) in [4.78, 5) is 23.7. The summed E-state index contributed by atoms with van der Waals surface area (Å²) < 4.78 is 0. The molecule has 0 radical (unpaired) electrons. The van der Waals surface area contributed by atoms with Crippen LogP contribution in [0.25, 0.3) is 10.8 Å². The zero-order chi connectivity index (χ0) is 13.7. The van der Waals surface area contributed by atoms with Gasteiger partial charge in [0.25, 0.3) is 0 Å². The number of phenolic OH excluding ortho intramolecular Hbond substituents is 3. The van der Waals surface area contributed by atoms with Gasteiger partial charge in [0.2, 0.25) is 0 Å². The Morgan fingerprint density at radius 3 is 2.05 bits per heavy atom. The highest BCUT2D eigenvalue weighted by Crippen LogP contribution is 2.45. The van der Waals surface area contributed by atoms with Crippen molar-refractivity contribution in [3.8, 4) is 17.2 Å². The van der Waals surface area contributed by atoms with Gasteiger partial charge in [0, 0.05) is 18.2 Å². The average molecular weight is 258 g/mol. The van der Waals surface area contributed by atoms with Crippen molar-refractivity contribution in [2.45, 2.75) is 12.8 Å². The van der Waals surface area contributed by atoms with Crippen LogP contribution in [-0.2, 0) is 0 Å². The van der Waals surface area contributed by atoms with Crippen molar-refractivity contribution >= 4 is 22.3 Å². The van der Waals surface area contributed by atoms with E-state index in [0.717, 1.165) is 0 Å². The molecule has 0 aromatic heterocycles. The Labute approximate surface area is 107 Å². The number of hydrogen-bond acceptors (Lipinski definition) is 5. The molecule has 0 heterocycles. The van der Waals surface area contributed by atoms with E-state index in [1.54, 1.807) is 0 Å². The fraction of sp³-hybridized carbons (Fsp3) is 0.143. The summed E-state index contributed by atoms with van der Waals surface area (Å²) in [5.41, 5.74) is -0.338. The lowest BCUT2D eigenvalue weighted by Crippen LogP contribution is -2.17. The molecule has 1 aliphatic carbocycles. The van der Waals surface area contributed by atoms with Crippen LogP contribution < -0.4 is 0 Å². The molecule has 0 fully saturated rings. The smallest absolute Gasteiger partial charge is 0.167 e. The molecule has 1 aliphatic rings. The number of hydrogen-bond donors (Lipinski definition) is 3. The Hall–Kier alpha value is -2.56. The van der Waals surface area contributed by atoms with E-state index in [9.17, 15) is 24.9 Å². The molecule has 0 bridgehead atoms. The third kappa shape index (κ3) is 1.41. The summed E-state index contributed by atoms with van der Waals surface area (Å²) in [6, 6.07) is 4.29. The number of fused-ring (bicyclic) bond motifs is 2. The third-order valence-electron chi connectivity index (χ3n) is 3.39.